The Morgan fingerprint density at radius 3 is 2.50 bits per heavy atom. The van der Waals surface area contributed by atoms with E-state index in [0.717, 1.165) is 32.4 Å². The minimum Gasteiger partial charge on any atom is -0.480 e. The molecule has 0 aromatic rings. The molecule has 0 saturated heterocycles. The Bertz CT molecular complexity index is 267. The molecule has 2 N–H and O–H groups in total. The lowest BCUT2D eigenvalue weighted by Crippen LogP contribution is -2.50. The summed E-state index contributed by atoms with van der Waals surface area (Å²) < 4.78 is 0. The summed E-state index contributed by atoms with van der Waals surface area (Å²) in [6, 6.07) is 0.434. The highest BCUT2D eigenvalue weighted by molar-refractivity contribution is 5.78. The lowest BCUT2D eigenvalue weighted by molar-refractivity contribution is -0.144. The number of nitrogens with one attached hydrogen (secondary N) is 1. The second-order valence-electron chi connectivity index (χ2n) is 5.82. The van der Waals surface area contributed by atoms with Crippen molar-refractivity contribution in [3.63, 3.8) is 0 Å². The van der Waals surface area contributed by atoms with Gasteiger partial charge >= 0.3 is 5.97 Å². The van der Waals surface area contributed by atoms with Crippen LogP contribution >= 0.6 is 0 Å². The molecular formula is C14H28N2O2. The van der Waals surface area contributed by atoms with Gasteiger partial charge < -0.3 is 10.0 Å². The number of unbranched alkanes of at least 4 members (excludes halogenated alkanes) is 1. The zero-order valence-electron chi connectivity index (χ0n) is 12.0. The van der Waals surface area contributed by atoms with Crippen LogP contribution < -0.4 is 5.32 Å². The second kappa shape index (κ2) is 7.10. The van der Waals surface area contributed by atoms with E-state index < -0.39 is 11.5 Å². The third-order valence-electron chi connectivity index (χ3n) is 3.68. The van der Waals surface area contributed by atoms with Crippen LogP contribution in [-0.4, -0.2) is 47.7 Å². The molecule has 1 fully saturated rings. The normalized spacial score (nSPS) is 18.9. The quantitative estimate of drug-likeness (QED) is 0.628. The van der Waals surface area contributed by atoms with Crippen LogP contribution in [0.3, 0.4) is 0 Å². The van der Waals surface area contributed by atoms with E-state index in [9.17, 15) is 9.90 Å². The number of hydrogen-bond donors (Lipinski definition) is 2. The largest absolute Gasteiger partial charge is 0.480 e. The van der Waals surface area contributed by atoms with Gasteiger partial charge in [-0.05, 0) is 59.2 Å². The highest BCUT2D eigenvalue weighted by Gasteiger charge is 2.37. The maximum absolute atomic E-state index is 11.4. The van der Waals surface area contributed by atoms with Crippen molar-refractivity contribution in [1.29, 1.82) is 0 Å². The molecule has 4 nitrogen and oxygen atoms in total. The van der Waals surface area contributed by atoms with Crippen LogP contribution in [0.25, 0.3) is 0 Å². The number of hydrogen-bond acceptors (Lipinski definition) is 3. The van der Waals surface area contributed by atoms with Crippen LogP contribution in [0.2, 0.25) is 0 Å². The van der Waals surface area contributed by atoms with Crippen molar-refractivity contribution in [1.82, 2.24) is 10.2 Å². The average Bonchev–Trinajstić information content (AvgIpc) is 3.09. The van der Waals surface area contributed by atoms with E-state index in [0.29, 0.717) is 12.5 Å². The molecule has 1 aliphatic carbocycles. The van der Waals surface area contributed by atoms with Crippen molar-refractivity contribution in [2.24, 2.45) is 0 Å². The first kappa shape index (κ1) is 15.4. The Hall–Kier alpha value is -0.610. The molecule has 0 heterocycles. The lowest BCUT2D eigenvalue weighted by atomic mass is 9.95. The molecule has 0 aliphatic heterocycles. The number of carboxylic acids is 1. The fourth-order valence-corrected chi connectivity index (χ4v) is 2.16. The molecular weight excluding hydrogens is 228 g/mol. The number of nitrogens with zero attached hydrogens (tertiary/aromatic N) is 1. The third kappa shape index (κ3) is 5.36. The molecule has 1 saturated carbocycles. The molecule has 0 spiro atoms. The Morgan fingerprint density at radius 1 is 1.39 bits per heavy atom. The Balaban J connectivity index is 2.26. The van der Waals surface area contributed by atoms with Crippen LogP contribution in [0.1, 0.15) is 52.4 Å². The number of aliphatic carboxylic acids is 1. The van der Waals surface area contributed by atoms with Gasteiger partial charge in [-0.1, -0.05) is 13.3 Å². The molecule has 1 unspecified atom stereocenters. The van der Waals surface area contributed by atoms with E-state index in [2.05, 4.69) is 24.2 Å². The van der Waals surface area contributed by atoms with Crippen molar-refractivity contribution < 1.29 is 9.90 Å². The van der Waals surface area contributed by atoms with Gasteiger partial charge in [-0.25, -0.2) is 0 Å². The summed E-state index contributed by atoms with van der Waals surface area (Å²) in [4.78, 5) is 13.7. The van der Waals surface area contributed by atoms with Crippen LogP contribution in [0.4, 0.5) is 0 Å². The van der Waals surface area contributed by atoms with E-state index in [4.69, 9.17) is 0 Å². The standard InChI is InChI=1S/C14H28N2O2/c1-4-5-10-16(3)11-6-9-14(2,13(17)18)15-12-7-8-12/h12,15H,4-11H2,1-3H3,(H,17,18). The SMILES string of the molecule is CCCCN(C)CCCC(C)(NC1CC1)C(=O)O. The van der Waals surface area contributed by atoms with E-state index in [1.165, 1.54) is 12.8 Å². The first-order valence-corrected chi connectivity index (χ1v) is 7.17. The Morgan fingerprint density at radius 2 is 2.00 bits per heavy atom. The average molecular weight is 256 g/mol. The van der Waals surface area contributed by atoms with Crippen molar-refractivity contribution in [3.05, 3.63) is 0 Å². The molecule has 0 radical (unpaired) electrons. The fraction of sp³-hybridized carbons (Fsp3) is 0.929. The van der Waals surface area contributed by atoms with Gasteiger partial charge in [0, 0.05) is 6.04 Å². The topological polar surface area (TPSA) is 52.6 Å². The summed E-state index contributed by atoms with van der Waals surface area (Å²) >= 11 is 0. The summed E-state index contributed by atoms with van der Waals surface area (Å²) in [6.07, 6.45) is 6.31. The lowest BCUT2D eigenvalue weighted by Gasteiger charge is -2.27. The highest BCUT2D eigenvalue weighted by Crippen LogP contribution is 2.25. The van der Waals surface area contributed by atoms with Crippen molar-refractivity contribution in [3.8, 4) is 0 Å². The summed E-state index contributed by atoms with van der Waals surface area (Å²) in [5.74, 6) is -0.717. The summed E-state index contributed by atoms with van der Waals surface area (Å²) in [7, 11) is 2.11. The molecule has 0 amide bonds. The predicted molar refractivity (Wildman–Crippen MR) is 73.8 cm³/mol. The predicted octanol–water partition coefficient (Wildman–Crippen LogP) is 2.09. The number of rotatable bonds is 10. The monoisotopic (exact) mass is 256 g/mol. The maximum atomic E-state index is 11.4. The molecule has 0 aromatic carbocycles. The Labute approximate surface area is 111 Å². The minimum absolute atomic E-state index is 0.434. The molecule has 1 rings (SSSR count). The number of carbonyl (C=O) groups is 1. The molecule has 0 bridgehead atoms. The summed E-state index contributed by atoms with van der Waals surface area (Å²) in [6.45, 7) is 6.10. The zero-order chi connectivity index (χ0) is 13.6. The van der Waals surface area contributed by atoms with E-state index in [1.807, 2.05) is 6.92 Å². The molecule has 18 heavy (non-hydrogen) atoms. The van der Waals surface area contributed by atoms with Gasteiger partial charge in [-0.2, -0.15) is 0 Å². The van der Waals surface area contributed by atoms with Gasteiger partial charge in [0.15, 0.2) is 0 Å². The van der Waals surface area contributed by atoms with E-state index in [-0.39, 0.29) is 0 Å². The summed E-state index contributed by atoms with van der Waals surface area (Å²) in [5.41, 5.74) is -0.743. The van der Waals surface area contributed by atoms with Crippen molar-refractivity contribution in [2.45, 2.75) is 64.0 Å². The van der Waals surface area contributed by atoms with Crippen LogP contribution in [0.5, 0.6) is 0 Å². The highest BCUT2D eigenvalue weighted by atomic mass is 16.4. The molecule has 0 aromatic heterocycles. The second-order valence-corrected chi connectivity index (χ2v) is 5.82. The molecule has 106 valence electrons. The van der Waals surface area contributed by atoms with Gasteiger partial charge in [0.1, 0.15) is 5.54 Å². The van der Waals surface area contributed by atoms with Gasteiger partial charge in [-0.3, -0.25) is 10.1 Å². The van der Waals surface area contributed by atoms with Crippen LogP contribution in [0.15, 0.2) is 0 Å². The molecule has 1 atom stereocenters. The Kier molecular flexibility index (Phi) is 6.09. The maximum Gasteiger partial charge on any atom is 0.323 e. The summed E-state index contributed by atoms with van der Waals surface area (Å²) in [5, 5.41) is 12.6. The fourth-order valence-electron chi connectivity index (χ4n) is 2.16. The number of carboxylic acid groups (broad SMARTS) is 1. The van der Waals surface area contributed by atoms with Crippen LogP contribution in [0, 0.1) is 0 Å². The smallest absolute Gasteiger partial charge is 0.323 e. The van der Waals surface area contributed by atoms with Crippen molar-refractivity contribution >= 4 is 5.97 Å². The molecule has 4 heteroatoms. The molecule has 1 aliphatic rings. The first-order chi connectivity index (χ1) is 8.48. The zero-order valence-corrected chi connectivity index (χ0v) is 12.0. The van der Waals surface area contributed by atoms with Gasteiger partial charge in [-0.15, -0.1) is 0 Å². The minimum atomic E-state index is -0.743. The first-order valence-electron chi connectivity index (χ1n) is 7.17. The van der Waals surface area contributed by atoms with E-state index in [1.54, 1.807) is 0 Å². The van der Waals surface area contributed by atoms with Crippen molar-refractivity contribution in [2.75, 3.05) is 20.1 Å². The third-order valence-corrected chi connectivity index (χ3v) is 3.68. The van der Waals surface area contributed by atoms with Gasteiger partial charge in [0.05, 0.1) is 0 Å². The van der Waals surface area contributed by atoms with Gasteiger partial charge in [0.2, 0.25) is 0 Å². The van der Waals surface area contributed by atoms with E-state index >= 15 is 0 Å². The van der Waals surface area contributed by atoms with Crippen LogP contribution in [-0.2, 0) is 4.79 Å². The van der Waals surface area contributed by atoms with Gasteiger partial charge in [0.25, 0.3) is 0 Å².